The molecule has 1 aromatic carbocycles. The molecule has 1 amide bonds. The number of aliphatic hydroxyl groups is 1. The molecule has 0 bridgehead atoms. The van der Waals surface area contributed by atoms with Crippen molar-refractivity contribution in [1.29, 1.82) is 0 Å². The van der Waals surface area contributed by atoms with Crippen LogP contribution in [-0.2, 0) is 19.6 Å². The van der Waals surface area contributed by atoms with Gasteiger partial charge in [0.15, 0.2) is 0 Å². The van der Waals surface area contributed by atoms with Crippen LogP contribution >= 0.6 is 0 Å². The smallest absolute Gasteiger partial charge is 0.311 e. The lowest BCUT2D eigenvalue weighted by atomic mass is 10.1. The van der Waals surface area contributed by atoms with Gasteiger partial charge in [0.05, 0.1) is 17.8 Å². The molecule has 10 heteroatoms. The van der Waals surface area contributed by atoms with E-state index in [-0.39, 0.29) is 12.3 Å². The number of carbonyl (C=O) groups excluding carboxylic acids is 1. The SMILES string of the molecule is Cn1nc2ccc(OCc3ccccn3)cc2c1C(=O)NC(CO)C(F)(F)c1ccccn1. The molecular formula is C23H21F2N5O3. The minimum atomic E-state index is -3.59. The van der Waals surface area contributed by atoms with Gasteiger partial charge in [0, 0.05) is 24.8 Å². The average Bonchev–Trinajstić information content (AvgIpc) is 3.17. The highest BCUT2D eigenvalue weighted by molar-refractivity contribution is 6.05. The summed E-state index contributed by atoms with van der Waals surface area (Å²) in [6.45, 7) is -0.763. The number of carbonyl (C=O) groups is 1. The lowest BCUT2D eigenvalue weighted by Gasteiger charge is -2.25. The van der Waals surface area contributed by atoms with Crippen molar-refractivity contribution < 1.29 is 23.4 Å². The third-order valence-corrected chi connectivity index (χ3v) is 5.06. The molecule has 0 aliphatic heterocycles. The number of benzene rings is 1. The number of nitrogens with one attached hydrogen (secondary N) is 1. The molecule has 0 aliphatic carbocycles. The summed E-state index contributed by atoms with van der Waals surface area (Å²) in [5, 5.41) is 16.5. The van der Waals surface area contributed by atoms with Crippen molar-refractivity contribution in [2.75, 3.05) is 6.61 Å². The number of ether oxygens (including phenoxy) is 1. The molecule has 4 rings (SSSR count). The Balaban J connectivity index is 1.58. The Morgan fingerprint density at radius 1 is 1.15 bits per heavy atom. The third kappa shape index (κ3) is 4.65. The first-order chi connectivity index (χ1) is 15.9. The number of hydrogen-bond acceptors (Lipinski definition) is 6. The summed E-state index contributed by atoms with van der Waals surface area (Å²) in [6, 6.07) is 12.6. The fourth-order valence-electron chi connectivity index (χ4n) is 3.39. The molecule has 0 fully saturated rings. The molecular weight excluding hydrogens is 432 g/mol. The van der Waals surface area contributed by atoms with Crippen LogP contribution in [0.5, 0.6) is 5.75 Å². The summed E-state index contributed by atoms with van der Waals surface area (Å²) in [4.78, 5) is 20.8. The van der Waals surface area contributed by atoms with E-state index in [0.717, 1.165) is 11.8 Å². The highest BCUT2D eigenvalue weighted by atomic mass is 19.3. The summed E-state index contributed by atoms with van der Waals surface area (Å²) in [7, 11) is 1.54. The Bertz CT molecular complexity index is 1250. The predicted molar refractivity (Wildman–Crippen MR) is 116 cm³/mol. The summed E-state index contributed by atoms with van der Waals surface area (Å²) in [5.41, 5.74) is 0.724. The van der Waals surface area contributed by atoms with Crippen molar-refractivity contribution in [2.24, 2.45) is 7.05 Å². The first-order valence-electron chi connectivity index (χ1n) is 10.1. The second-order valence-corrected chi connectivity index (χ2v) is 7.31. The predicted octanol–water partition coefficient (Wildman–Crippen LogP) is 2.83. The molecule has 4 aromatic rings. The van der Waals surface area contributed by atoms with Crippen LogP contribution in [0.25, 0.3) is 10.9 Å². The normalized spacial score (nSPS) is 12.5. The standard InChI is InChI=1S/C23H21F2N5O3/c1-30-21(22(32)28-20(13-31)23(24,25)19-7-3-5-11-27-19)17-12-16(8-9-18(17)29-30)33-14-15-6-2-4-10-26-15/h2-12,20,31H,13-14H2,1H3,(H,28,32). The molecule has 1 atom stereocenters. The van der Waals surface area contributed by atoms with E-state index in [0.29, 0.717) is 16.7 Å². The van der Waals surface area contributed by atoms with Crippen molar-refractivity contribution >= 4 is 16.8 Å². The summed E-state index contributed by atoms with van der Waals surface area (Å²) >= 11 is 0. The number of nitrogens with zero attached hydrogens (tertiary/aromatic N) is 4. The fourth-order valence-corrected chi connectivity index (χ4v) is 3.39. The number of pyridine rings is 2. The minimum Gasteiger partial charge on any atom is -0.487 e. The first-order valence-corrected chi connectivity index (χ1v) is 10.1. The number of alkyl halides is 2. The van der Waals surface area contributed by atoms with Gasteiger partial charge in [-0.3, -0.25) is 19.4 Å². The Hall–Kier alpha value is -3.92. The van der Waals surface area contributed by atoms with E-state index in [1.54, 1.807) is 30.5 Å². The quantitative estimate of drug-likeness (QED) is 0.425. The van der Waals surface area contributed by atoms with E-state index in [1.807, 2.05) is 12.1 Å². The van der Waals surface area contributed by atoms with Crippen LogP contribution in [0.3, 0.4) is 0 Å². The maximum Gasteiger partial charge on any atom is 0.311 e. The molecule has 0 saturated carbocycles. The van der Waals surface area contributed by atoms with Crippen molar-refractivity contribution in [1.82, 2.24) is 25.1 Å². The minimum absolute atomic E-state index is 0.0588. The van der Waals surface area contributed by atoms with Gasteiger partial charge in [0.2, 0.25) is 0 Å². The van der Waals surface area contributed by atoms with Crippen LogP contribution in [0.4, 0.5) is 8.78 Å². The van der Waals surface area contributed by atoms with Crippen LogP contribution in [-0.4, -0.2) is 43.4 Å². The van der Waals surface area contributed by atoms with Gasteiger partial charge in [0.25, 0.3) is 5.91 Å². The van der Waals surface area contributed by atoms with Gasteiger partial charge in [-0.2, -0.15) is 13.9 Å². The van der Waals surface area contributed by atoms with Crippen LogP contribution in [0.1, 0.15) is 21.9 Å². The van der Waals surface area contributed by atoms with Gasteiger partial charge in [-0.25, -0.2) is 0 Å². The summed E-state index contributed by atoms with van der Waals surface area (Å²) in [5.74, 6) is -3.93. The number of fused-ring (bicyclic) bond motifs is 1. The van der Waals surface area contributed by atoms with E-state index in [1.165, 1.54) is 30.1 Å². The number of aliphatic hydroxyl groups excluding tert-OH is 1. The Kier molecular flexibility index (Phi) is 6.27. The monoisotopic (exact) mass is 453 g/mol. The number of amides is 1. The van der Waals surface area contributed by atoms with Gasteiger partial charge in [-0.05, 0) is 42.5 Å². The molecule has 33 heavy (non-hydrogen) atoms. The average molecular weight is 453 g/mol. The second-order valence-electron chi connectivity index (χ2n) is 7.31. The molecule has 170 valence electrons. The molecule has 0 aliphatic rings. The Morgan fingerprint density at radius 2 is 1.91 bits per heavy atom. The van der Waals surface area contributed by atoms with Gasteiger partial charge < -0.3 is 15.2 Å². The molecule has 3 aromatic heterocycles. The van der Waals surface area contributed by atoms with Gasteiger partial charge >= 0.3 is 5.92 Å². The zero-order valence-corrected chi connectivity index (χ0v) is 17.7. The van der Waals surface area contributed by atoms with E-state index in [4.69, 9.17) is 4.74 Å². The molecule has 0 saturated heterocycles. The molecule has 2 N–H and O–H groups in total. The van der Waals surface area contributed by atoms with E-state index >= 15 is 0 Å². The van der Waals surface area contributed by atoms with E-state index in [2.05, 4.69) is 20.4 Å². The lowest BCUT2D eigenvalue weighted by molar-refractivity contribution is -0.0603. The van der Waals surface area contributed by atoms with Gasteiger partial charge in [0.1, 0.15) is 29.8 Å². The highest BCUT2D eigenvalue weighted by Crippen LogP contribution is 2.31. The van der Waals surface area contributed by atoms with E-state index < -0.39 is 30.2 Å². The van der Waals surface area contributed by atoms with Crippen molar-refractivity contribution in [3.8, 4) is 5.75 Å². The maximum atomic E-state index is 14.9. The first kappa shape index (κ1) is 22.3. The largest absolute Gasteiger partial charge is 0.487 e. The molecule has 8 nitrogen and oxygen atoms in total. The molecule has 3 heterocycles. The van der Waals surface area contributed by atoms with Crippen molar-refractivity contribution in [3.63, 3.8) is 0 Å². The Labute approximate surface area is 187 Å². The van der Waals surface area contributed by atoms with Crippen molar-refractivity contribution in [3.05, 3.63) is 84.1 Å². The Morgan fingerprint density at radius 3 is 2.58 bits per heavy atom. The van der Waals surface area contributed by atoms with Gasteiger partial charge in [-0.1, -0.05) is 12.1 Å². The summed E-state index contributed by atoms with van der Waals surface area (Å²) in [6.07, 6.45) is 2.88. The van der Waals surface area contributed by atoms with Crippen LogP contribution in [0, 0.1) is 0 Å². The number of rotatable bonds is 8. The van der Waals surface area contributed by atoms with Crippen molar-refractivity contribution in [2.45, 2.75) is 18.6 Å². The lowest BCUT2D eigenvalue weighted by Crippen LogP contribution is -2.49. The topological polar surface area (TPSA) is 102 Å². The number of aryl methyl sites for hydroxylation is 1. The number of hydrogen-bond donors (Lipinski definition) is 2. The van der Waals surface area contributed by atoms with Crippen LogP contribution in [0.15, 0.2) is 67.0 Å². The zero-order chi connectivity index (χ0) is 23.4. The molecule has 0 spiro atoms. The van der Waals surface area contributed by atoms with Crippen LogP contribution < -0.4 is 10.1 Å². The van der Waals surface area contributed by atoms with E-state index in [9.17, 15) is 18.7 Å². The highest BCUT2D eigenvalue weighted by Gasteiger charge is 2.43. The maximum absolute atomic E-state index is 14.9. The third-order valence-electron chi connectivity index (χ3n) is 5.06. The van der Waals surface area contributed by atoms with Gasteiger partial charge in [-0.15, -0.1) is 0 Å². The number of halogens is 2. The molecule has 1 unspecified atom stereocenters. The summed E-state index contributed by atoms with van der Waals surface area (Å²) < 4.78 is 36.8. The fraction of sp³-hybridized carbons (Fsp3) is 0.217. The molecule has 0 radical (unpaired) electrons. The number of aromatic nitrogens is 4. The second kappa shape index (κ2) is 9.29. The van der Waals surface area contributed by atoms with Crippen LogP contribution in [0.2, 0.25) is 0 Å². The zero-order valence-electron chi connectivity index (χ0n) is 17.7.